The number of ether oxygens (including phenoxy) is 1. The van der Waals surface area contributed by atoms with Crippen molar-refractivity contribution in [1.82, 2.24) is 10.2 Å². The summed E-state index contributed by atoms with van der Waals surface area (Å²) in [4.78, 5) is 2.54. The maximum atomic E-state index is 5.61. The van der Waals surface area contributed by atoms with Crippen LogP contribution in [0.5, 0.6) is 0 Å². The highest BCUT2D eigenvalue weighted by atomic mass is 16.5. The molecule has 0 aromatic carbocycles. The van der Waals surface area contributed by atoms with Gasteiger partial charge in [-0.3, -0.25) is 0 Å². The quantitative estimate of drug-likeness (QED) is 0.628. The minimum absolute atomic E-state index is 0.757. The van der Waals surface area contributed by atoms with Gasteiger partial charge in [-0.25, -0.2) is 0 Å². The van der Waals surface area contributed by atoms with Crippen LogP contribution in [0, 0.1) is 0 Å². The molecule has 102 valence electrons. The van der Waals surface area contributed by atoms with Crippen LogP contribution >= 0.6 is 0 Å². The summed E-state index contributed by atoms with van der Waals surface area (Å²) < 4.78 is 5.61. The van der Waals surface area contributed by atoms with E-state index in [1.54, 1.807) is 0 Å². The predicted octanol–water partition coefficient (Wildman–Crippen LogP) is 2.27. The summed E-state index contributed by atoms with van der Waals surface area (Å²) in [5.74, 6) is 0. The Morgan fingerprint density at radius 3 is 2.53 bits per heavy atom. The van der Waals surface area contributed by atoms with Crippen molar-refractivity contribution in [2.24, 2.45) is 0 Å². The zero-order valence-electron chi connectivity index (χ0n) is 11.7. The van der Waals surface area contributed by atoms with E-state index in [4.69, 9.17) is 4.74 Å². The lowest BCUT2D eigenvalue weighted by molar-refractivity contribution is 0.0901. The van der Waals surface area contributed by atoms with Gasteiger partial charge in [0, 0.05) is 19.2 Å². The van der Waals surface area contributed by atoms with Gasteiger partial charge in [0.05, 0.1) is 6.61 Å². The van der Waals surface area contributed by atoms with E-state index in [0.717, 1.165) is 25.8 Å². The van der Waals surface area contributed by atoms with Gasteiger partial charge in [-0.05, 0) is 45.3 Å². The van der Waals surface area contributed by atoms with Gasteiger partial charge in [0.15, 0.2) is 0 Å². The number of unbranched alkanes of at least 4 members (excludes halogenated alkanes) is 1. The SMILES string of the molecule is CCCCOCCN1CCC(NCCC)CC1. The normalized spacial score (nSPS) is 18.7. The van der Waals surface area contributed by atoms with Crippen LogP contribution in [0.2, 0.25) is 0 Å². The smallest absolute Gasteiger partial charge is 0.0593 e. The maximum absolute atomic E-state index is 5.61. The van der Waals surface area contributed by atoms with Gasteiger partial charge in [-0.1, -0.05) is 20.3 Å². The molecule has 0 saturated carbocycles. The van der Waals surface area contributed by atoms with E-state index in [2.05, 4.69) is 24.1 Å². The summed E-state index contributed by atoms with van der Waals surface area (Å²) in [6, 6.07) is 0.757. The van der Waals surface area contributed by atoms with Gasteiger partial charge in [-0.2, -0.15) is 0 Å². The third-order valence-electron chi connectivity index (χ3n) is 3.46. The van der Waals surface area contributed by atoms with Crippen molar-refractivity contribution in [3.63, 3.8) is 0 Å². The second-order valence-corrected chi connectivity index (χ2v) is 5.04. The molecule has 0 aromatic heterocycles. The molecule has 0 bridgehead atoms. The van der Waals surface area contributed by atoms with Crippen LogP contribution in [0.25, 0.3) is 0 Å². The van der Waals surface area contributed by atoms with Crippen LogP contribution in [0.4, 0.5) is 0 Å². The molecule has 1 fully saturated rings. The molecule has 1 aliphatic rings. The van der Waals surface area contributed by atoms with Gasteiger partial charge >= 0.3 is 0 Å². The fraction of sp³-hybridized carbons (Fsp3) is 1.00. The molecule has 0 unspecified atom stereocenters. The molecule has 3 nitrogen and oxygen atoms in total. The fourth-order valence-corrected chi connectivity index (χ4v) is 2.25. The first-order valence-corrected chi connectivity index (χ1v) is 7.40. The van der Waals surface area contributed by atoms with Gasteiger partial charge in [0.1, 0.15) is 0 Å². The lowest BCUT2D eigenvalue weighted by Crippen LogP contribution is -2.43. The summed E-state index contributed by atoms with van der Waals surface area (Å²) in [5.41, 5.74) is 0. The second kappa shape index (κ2) is 9.86. The van der Waals surface area contributed by atoms with Gasteiger partial charge in [-0.15, -0.1) is 0 Å². The third kappa shape index (κ3) is 7.02. The number of likely N-dealkylation sites (tertiary alicyclic amines) is 1. The van der Waals surface area contributed by atoms with E-state index in [-0.39, 0.29) is 0 Å². The Hall–Kier alpha value is -0.120. The van der Waals surface area contributed by atoms with Crippen LogP contribution in [0.3, 0.4) is 0 Å². The topological polar surface area (TPSA) is 24.5 Å². The van der Waals surface area contributed by atoms with Gasteiger partial charge < -0.3 is 15.0 Å². The van der Waals surface area contributed by atoms with E-state index in [1.165, 1.54) is 51.7 Å². The van der Waals surface area contributed by atoms with Crippen molar-refractivity contribution in [1.29, 1.82) is 0 Å². The highest BCUT2D eigenvalue weighted by molar-refractivity contribution is 4.76. The number of piperidine rings is 1. The molecule has 1 heterocycles. The van der Waals surface area contributed by atoms with E-state index in [9.17, 15) is 0 Å². The van der Waals surface area contributed by atoms with Crippen molar-refractivity contribution in [3.8, 4) is 0 Å². The number of hydrogen-bond acceptors (Lipinski definition) is 3. The van der Waals surface area contributed by atoms with Crippen molar-refractivity contribution >= 4 is 0 Å². The van der Waals surface area contributed by atoms with Crippen molar-refractivity contribution in [2.45, 2.75) is 52.0 Å². The van der Waals surface area contributed by atoms with E-state index in [0.29, 0.717) is 0 Å². The molecule has 0 aliphatic carbocycles. The molecular weight excluding hydrogens is 212 g/mol. The van der Waals surface area contributed by atoms with E-state index in [1.807, 2.05) is 0 Å². The summed E-state index contributed by atoms with van der Waals surface area (Å²) >= 11 is 0. The fourth-order valence-electron chi connectivity index (χ4n) is 2.25. The molecule has 3 heteroatoms. The summed E-state index contributed by atoms with van der Waals surface area (Å²) in [5, 5.41) is 3.62. The number of rotatable bonds is 9. The standard InChI is InChI=1S/C14H30N2O/c1-3-5-12-17-13-11-16-9-6-14(7-10-16)15-8-4-2/h14-15H,3-13H2,1-2H3. The van der Waals surface area contributed by atoms with E-state index < -0.39 is 0 Å². The molecule has 1 aliphatic heterocycles. The Morgan fingerprint density at radius 2 is 1.88 bits per heavy atom. The summed E-state index contributed by atoms with van der Waals surface area (Å²) in [6.07, 6.45) is 6.27. The lowest BCUT2D eigenvalue weighted by atomic mass is 10.1. The zero-order chi connectivity index (χ0) is 12.3. The van der Waals surface area contributed by atoms with Crippen LogP contribution in [0.15, 0.2) is 0 Å². The molecule has 0 amide bonds. The minimum atomic E-state index is 0.757. The molecule has 1 rings (SSSR count). The van der Waals surface area contributed by atoms with Gasteiger partial charge in [0.2, 0.25) is 0 Å². The second-order valence-electron chi connectivity index (χ2n) is 5.04. The zero-order valence-corrected chi connectivity index (χ0v) is 11.7. The number of nitrogens with zero attached hydrogens (tertiary/aromatic N) is 1. The first kappa shape index (κ1) is 14.9. The maximum Gasteiger partial charge on any atom is 0.0593 e. The molecular formula is C14H30N2O. The Bertz CT molecular complexity index is 165. The van der Waals surface area contributed by atoms with Crippen LogP contribution in [0.1, 0.15) is 46.0 Å². The summed E-state index contributed by atoms with van der Waals surface area (Å²) in [7, 11) is 0. The number of nitrogens with one attached hydrogen (secondary N) is 1. The first-order valence-electron chi connectivity index (χ1n) is 7.40. The molecule has 0 spiro atoms. The monoisotopic (exact) mass is 242 g/mol. The van der Waals surface area contributed by atoms with E-state index >= 15 is 0 Å². The third-order valence-corrected chi connectivity index (χ3v) is 3.46. The Balaban J connectivity index is 1.95. The molecule has 1 N–H and O–H groups in total. The highest BCUT2D eigenvalue weighted by Crippen LogP contribution is 2.09. The molecule has 1 saturated heterocycles. The van der Waals surface area contributed by atoms with Crippen molar-refractivity contribution in [3.05, 3.63) is 0 Å². The Labute approximate surface area is 107 Å². The van der Waals surface area contributed by atoms with Crippen LogP contribution in [-0.2, 0) is 4.74 Å². The predicted molar refractivity (Wildman–Crippen MR) is 73.5 cm³/mol. The molecule has 0 radical (unpaired) electrons. The molecule has 0 atom stereocenters. The largest absolute Gasteiger partial charge is 0.380 e. The Morgan fingerprint density at radius 1 is 1.12 bits per heavy atom. The first-order chi connectivity index (χ1) is 8.36. The summed E-state index contributed by atoms with van der Waals surface area (Å²) in [6.45, 7) is 11.0. The lowest BCUT2D eigenvalue weighted by Gasteiger charge is -2.32. The van der Waals surface area contributed by atoms with Crippen molar-refractivity contribution < 1.29 is 4.74 Å². The molecule has 17 heavy (non-hydrogen) atoms. The average molecular weight is 242 g/mol. The van der Waals surface area contributed by atoms with Crippen molar-refractivity contribution in [2.75, 3.05) is 39.4 Å². The van der Waals surface area contributed by atoms with Crippen LogP contribution < -0.4 is 5.32 Å². The van der Waals surface area contributed by atoms with Gasteiger partial charge in [0.25, 0.3) is 0 Å². The van der Waals surface area contributed by atoms with Crippen LogP contribution in [-0.4, -0.2) is 50.3 Å². The number of hydrogen-bond donors (Lipinski definition) is 1. The molecule has 0 aromatic rings. The highest BCUT2D eigenvalue weighted by Gasteiger charge is 2.17. The average Bonchev–Trinajstić information content (AvgIpc) is 2.37. The Kier molecular flexibility index (Phi) is 8.67. The minimum Gasteiger partial charge on any atom is -0.380 e.